The van der Waals surface area contributed by atoms with Crippen molar-refractivity contribution in [3.05, 3.63) is 30.7 Å². The third-order valence-corrected chi connectivity index (χ3v) is 4.41. The molecule has 0 unspecified atom stereocenters. The van der Waals surface area contributed by atoms with Gasteiger partial charge in [-0.05, 0) is 18.2 Å². The second kappa shape index (κ2) is 4.68. The zero-order chi connectivity index (χ0) is 13.5. The quantitative estimate of drug-likeness (QED) is 0.635. The summed E-state index contributed by atoms with van der Waals surface area (Å²) < 4.78 is 4.15. The Morgan fingerprint density at radius 3 is 2.80 bits per heavy atom. The van der Waals surface area contributed by atoms with E-state index in [1.54, 1.807) is 12.5 Å². The molecule has 0 bridgehead atoms. The predicted octanol–water partition coefficient (Wildman–Crippen LogP) is 1.71. The Kier molecular flexibility index (Phi) is 2.82. The van der Waals surface area contributed by atoms with Crippen molar-refractivity contribution in [2.75, 3.05) is 31.1 Å². The maximum atomic E-state index is 4.42. The molecule has 0 aliphatic carbocycles. The number of hydrogen-bond donors (Lipinski definition) is 0. The van der Waals surface area contributed by atoms with E-state index in [1.807, 2.05) is 4.40 Å². The van der Waals surface area contributed by atoms with E-state index in [2.05, 4.69) is 58.4 Å². The van der Waals surface area contributed by atoms with Gasteiger partial charge in [0.1, 0.15) is 6.33 Å². The van der Waals surface area contributed by atoms with E-state index in [9.17, 15) is 0 Å². The van der Waals surface area contributed by atoms with Crippen LogP contribution >= 0.6 is 16.1 Å². The van der Waals surface area contributed by atoms with Gasteiger partial charge < -0.3 is 4.90 Å². The van der Waals surface area contributed by atoms with Crippen molar-refractivity contribution in [1.29, 1.82) is 0 Å². The fraction of sp³-hybridized carbons (Fsp3) is 0.308. The molecule has 0 amide bonds. The van der Waals surface area contributed by atoms with Gasteiger partial charge in [-0.2, -0.15) is 0 Å². The van der Waals surface area contributed by atoms with Crippen LogP contribution in [0.3, 0.4) is 0 Å². The Balaban J connectivity index is 1.81. The second-order valence-electron chi connectivity index (χ2n) is 4.89. The Hall–Kier alpha value is -1.73. The maximum Gasteiger partial charge on any atom is 0.179 e. The van der Waals surface area contributed by atoms with E-state index >= 15 is 0 Å². The number of nitrogens with zero attached hydrogens (tertiary/aromatic N) is 6. The highest BCUT2D eigenvalue weighted by molar-refractivity contribution is 9.07. The van der Waals surface area contributed by atoms with Gasteiger partial charge in [0.2, 0.25) is 0 Å². The minimum atomic E-state index is 0.778. The lowest BCUT2D eigenvalue weighted by Crippen LogP contribution is -2.42. The van der Waals surface area contributed by atoms with Crippen molar-refractivity contribution in [2.24, 2.45) is 0 Å². The van der Waals surface area contributed by atoms with Gasteiger partial charge in [0.25, 0.3) is 0 Å². The second-order valence-corrected chi connectivity index (χ2v) is 5.89. The lowest BCUT2D eigenvalue weighted by molar-refractivity contribution is 0.443. The molecule has 0 atom stereocenters. The largest absolute Gasteiger partial charge is 0.369 e. The van der Waals surface area contributed by atoms with Crippen LogP contribution in [0.1, 0.15) is 0 Å². The monoisotopic (exact) mass is 332 g/mol. The molecule has 102 valence electrons. The number of rotatable bonds is 1. The molecule has 3 aromatic rings. The molecular weight excluding hydrogens is 320 g/mol. The average molecular weight is 333 g/mol. The van der Waals surface area contributed by atoms with Crippen LogP contribution in [0.4, 0.5) is 5.69 Å². The number of hydrogen-bond acceptors (Lipinski definition) is 5. The van der Waals surface area contributed by atoms with Crippen LogP contribution in [-0.4, -0.2) is 49.7 Å². The number of fused-ring (bicyclic) bond motifs is 3. The predicted molar refractivity (Wildman–Crippen MR) is 81.0 cm³/mol. The minimum Gasteiger partial charge on any atom is -0.369 e. The Morgan fingerprint density at radius 1 is 1.10 bits per heavy atom. The Morgan fingerprint density at radius 2 is 1.95 bits per heavy atom. The van der Waals surface area contributed by atoms with Gasteiger partial charge in [0, 0.05) is 48.0 Å². The van der Waals surface area contributed by atoms with Crippen molar-refractivity contribution in [3.63, 3.8) is 0 Å². The van der Waals surface area contributed by atoms with Crippen LogP contribution in [0.15, 0.2) is 30.7 Å². The van der Waals surface area contributed by atoms with E-state index in [0.29, 0.717) is 0 Å². The van der Waals surface area contributed by atoms with Gasteiger partial charge in [-0.3, -0.25) is 9.38 Å². The summed E-state index contributed by atoms with van der Waals surface area (Å²) in [4.78, 5) is 6.81. The fourth-order valence-electron chi connectivity index (χ4n) is 2.60. The van der Waals surface area contributed by atoms with Crippen LogP contribution in [0.5, 0.6) is 0 Å². The summed E-state index contributed by atoms with van der Waals surface area (Å²) in [5.41, 5.74) is 4.01. The lowest BCUT2D eigenvalue weighted by atomic mass is 10.2. The highest BCUT2D eigenvalue weighted by Crippen LogP contribution is 2.23. The smallest absolute Gasteiger partial charge is 0.179 e. The lowest BCUT2D eigenvalue weighted by Gasteiger charge is -2.32. The van der Waals surface area contributed by atoms with Crippen molar-refractivity contribution in [1.82, 2.24) is 23.5 Å². The topological polar surface area (TPSA) is 49.6 Å². The van der Waals surface area contributed by atoms with Crippen LogP contribution in [-0.2, 0) is 0 Å². The number of benzene rings is 1. The molecule has 1 aliphatic heterocycles. The zero-order valence-corrected chi connectivity index (χ0v) is 12.4. The number of anilines is 1. The number of aromatic nitrogens is 4. The summed E-state index contributed by atoms with van der Waals surface area (Å²) in [5, 5.41) is 7.99. The SMILES string of the molecule is BrN1CCN(c2ccc3ncc4nncn4c3c2)CC1. The molecule has 2 aromatic heterocycles. The number of halogens is 1. The van der Waals surface area contributed by atoms with Crippen LogP contribution in [0, 0.1) is 0 Å². The Labute approximate surface area is 124 Å². The summed E-state index contributed by atoms with van der Waals surface area (Å²) in [6, 6.07) is 6.36. The first-order valence-electron chi connectivity index (χ1n) is 6.55. The van der Waals surface area contributed by atoms with Gasteiger partial charge in [0.05, 0.1) is 17.2 Å². The van der Waals surface area contributed by atoms with Crippen LogP contribution in [0.25, 0.3) is 16.7 Å². The van der Waals surface area contributed by atoms with Crippen molar-refractivity contribution in [3.8, 4) is 0 Å². The minimum absolute atomic E-state index is 0.778. The van der Waals surface area contributed by atoms with Crippen LogP contribution in [0.2, 0.25) is 0 Å². The summed E-state index contributed by atoms with van der Waals surface area (Å²) in [6.45, 7) is 4.07. The Bertz CT molecular complexity index is 762. The molecule has 0 saturated carbocycles. The van der Waals surface area contributed by atoms with Crippen LogP contribution < -0.4 is 4.90 Å². The van der Waals surface area contributed by atoms with E-state index in [1.165, 1.54) is 5.69 Å². The maximum absolute atomic E-state index is 4.42. The molecule has 0 spiro atoms. The molecule has 4 rings (SSSR count). The molecule has 1 saturated heterocycles. The molecule has 0 N–H and O–H groups in total. The first-order valence-corrected chi connectivity index (χ1v) is 7.26. The van der Waals surface area contributed by atoms with Gasteiger partial charge in [0.15, 0.2) is 5.65 Å². The van der Waals surface area contributed by atoms with E-state index < -0.39 is 0 Å². The molecule has 7 heteroatoms. The summed E-state index contributed by atoms with van der Waals surface area (Å²) in [5.74, 6) is 0. The first-order chi connectivity index (χ1) is 9.81. The molecular formula is C13H13BrN6. The van der Waals surface area contributed by atoms with Gasteiger partial charge in [-0.1, -0.05) is 0 Å². The highest BCUT2D eigenvalue weighted by atomic mass is 79.9. The molecule has 3 heterocycles. The van der Waals surface area contributed by atoms with Gasteiger partial charge in [-0.15, -0.1) is 10.2 Å². The molecule has 6 nitrogen and oxygen atoms in total. The van der Waals surface area contributed by atoms with Gasteiger partial charge >= 0.3 is 0 Å². The van der Waals surface area contributed by atoms with E-state index in [0.717, 1.165) is 42.9 Å². The van der Waals surface area contributed by atoms with Gasteiger partial charge in [-0.25, -0.2) is 3.93 Å². The molecule has 1 fully saturated rings. The van der Waals surface area contributed by atoms with Crippen molar-refractivity contribution < 1.29 is 0 Å². The third-order valence-electron chi connectivity index (χ3n) is 3.70. The molecule has 0 radical (unpaired) electrons. The third kappa shape index (κ3) is 1.94. The summed E-state index contributed by atoms with van der Waals surface area (Å²) >= 11 is 3.53. The van der Waals surface area contributed by atoms with E-state index in [4.69, 9.17) is 0 Å². The molecule has 1 aromatic carbocycles. The average Bonchev–Trinajstić information content (AvgIpc) is 2.96. The summed E-state index contributed by atoms with van der Waals surface area (Å²) in [7, 11) is 0. The van der Waals surface area contributed by atoms with Crippen molar-refractivity contribution in [2.45, 2.75) is 0 Å². The highest BCUT2D eigenvalue weighted by Gasteiger charge is 2.16. The molecule has 20 heavy (non-hydrogen) atoms. The first kappa shape index (κ1) is 12.0. The normalized spacial score (nSPS) is 17.1. The number of piperazine rings is 1. The zero-order valence-electron chi connectivity index (χ0n) is 10.8. The fourth-order valence-corrected chi connectivity index (χ4v) is 2.91. The standard InChI is InChI=1S/C13H13BrN6/c14-19-5-3-18(4-6-19)10-1-2-11-12(7-10)20-9-16-17-13(20)8-15-11/h1-2,7-9H,3-6H2. The van der Waals surface area contributed by atoms with Crippen molar-refractivity contribution >= 4 is 38.5 Å². The summed E-state index contributed by atoms with van der Waals surface area (Å²) in [6.07, 6.45) is 3.48. The van der Waals surface area contributed by atoms with E-state index in [-0.39, 0.29) is 0 Å². The molecule has 1 aliphatic rings.